The molecule has 0 amide bonds. The van der Waals surface area contributed by atoms with Crippen LogP contribution in [0.4, 0.5) is 5.82 Å². The van der Waals surface area contributed by atoms with Crippen LogP contribution in [0, 0.1) is 11.3 Å². The van der Waals surface area contributed by atoms with Crippen molar-refractivity contribution in [2.75, 3.05) is 11.9 Å². The van der Waals surface area contributed by atoms with Crippen LogP contribution in [0.15, 0.2) is 42.6 Å². The highest BCUT2D eigenvalue weighted by Gasteiger charge is 1.97. The summed E-state index contributed by atoms with van der Waals surface area (Å²) in [4.78, 5) is 7.87. The van der Waals surface area contributed by atoms with E-state index in [1.807, 2.05) is 24.3 Å². The zero-order valence-electron chi connectivity index (χ0n) is 10.0. The standard InChI is InChI=1S/C14H14N4/c15-11-14-17-10-8-13(18-14)16-9-4-7-12-5-2-1-3-6-12/h1-3,5-6,8,10H,4,7,9H2,(H,16,17,18). The van der Waals surface area contributed by atoms with Gasteiger partial charge >= 0.3 is 0 Å². The van der Waals surface area contributed by atoms with Crippen molar-refractivity contribution in [3.05, 3.63) is 54.0 Å². The molecule has 18 heavy (non-hydrogen) atoms. The fourth-order valence-corrected chi connectivity index (χ4v) is 1.66. The second-order valence-electron chi connectivity index (χ2n) is 3.89. The maximum absolute atomic E-state index is 8.68. The van der Waals surface area contributed by atoms with E-state index in [-0.39, 0.29) is 5.82 Å². The van der Waals surface area contributed by atoms with Crippen molar-refractivity contribution >= 4 is 5.82 Å². The lowest BCUT2D eigenvalue weighted by Gasteiger charge is -2.05. The lowest BCUT2D eigenvalue weighted by molar-refractivity contribution is 0.857. The lowest BCUT2D eigenvalue weighted by Crippen LogP contribution is -2.05. The highest BCUT2D eigenvalue weighted by molar-refractivity contribution is 5.34. The maximum atomic E-state index is 8.68. The largest absolute Gasteiger partial charge is 0.370 e. The van der Waals surface area contributed by atoms with Gasteiger partial charge in [-0.1, -0.05) is 30.3 Å². The van der Waals surface area contributed by atoms with Crippen LogP contribution in [-0.4, -0.2) is 16.5 Å². The molecule has 0 aliphatic rings. The third kappa shape index (κ3) is 3.56. The molecule has 1 aromatic heterocycles. The van der Waals surface area contributed by atoms with Crippen molar-refractivity contribution in [1.29, 1.82) is 5.26 Å². The number of hydrogen-bond donors (Lipinski definition) is 1. The third-order valence-electron chi connectivity index (χ3n) is 2.55. The van der Waals surface area contributed by atoms with E-state index in [4.69, 9.17) is 5.26 Å². The van der Waals surface area contributed by atoms with Gasteiger partial charge in [0.1, 0.15) is 11.9 Å². The Hall–Kier alpha value is -2.41. The Labute approximate surface area is 106 Å². The van der Waals surface area contributed by atoms with Crippen molar-refractivity contribution in [3.63, 3.8) is 0 Å². The second kappa shape index (κ2) is 6.36. The fourth-order valence-electron chi connectivity index (χ4n) is 1.66. The molecule has 0 spiro atoms. The molecule has 1 aromatic carbocycles. The van der Waals surface area contributed by atoms with Crippen molar-refractivity contribution in [3.8, 4) is 6.07 Å². The van der Waals surface area contributed by atoms with E-state index < -0.39 is 0 Å². The summed E-state index contributed by atoms with van der Waals surface area (Å²) in [6, 6.07) is 14.1. The van der Waals surface area contributed by atoms with Crippen molar-refractivity contribution < 1.29 is 0 Å². The van der Waals surface area contributed by atoms with Crippen LogP contribution in [0.3, 0.4) is 0 Å². The average molecular weight is 238 g/mol. The van der Waals surface area contributed by atoms with Gasteiger partial charge in [0.2, 0.25) is 5.82 Å². The molecule has 1 heterocycles. The molecular weight excluding hydrogens is 224 g/mol. The smallest absolute Gasteiger partial charge is 0.234 e. The molecule has 0 bridgehead atoms. The van der Waals surface area contributed by atoms with Crippen LogP contribution >= 0.6 is 0 Å². The van der Waals surface area contributed by atoms with Crippen LogP contribution in [-0.2, 0) is 6.42 Å². The van der Waals surface area contributed by atoms with Gasteiger partial charge in [-0.15, -0.1) is 0 Å². The monoisotopic (exact) mass is 238 g/mol. The molecule has 0 fully saturated rings. The van der Waals surface area contributed by atoms with E-state index in [0.29, 0.717) is 5.82 Å². The van der Waals surface area contributed by atoms with Gasteiger partial charge < -0.3 is 5.32 Å². The Kier molecular flexibility index (Phi) is 4.26. The number of nitrogens with one attached hydrogen (secondary N) is 1. The summed E-state index contributed by atoms with van der Waals surface area (Å²) in [6.45, 7) is 0.830. The normalized spacial score (nSPS) is 9.72. The molecular formula is C14H14N4. The maximum Gasteiger partial charge on any atom is 0.234 e. The molecule has 4 heteroatoms. The van der Waals surface area contributed by atoms with Gasteiger partial charge in [-0.25, -0.2) is 9.97 Å². The number of nitrogens with zero attached hydrogens (tertiary/aromatic N) is 3. The van der Waals surface area contributed by atoms with E-state index in [2.05, 4.69) is 27.4 Å². The Morgan fingerprint density at radius 3 is 2.78 bits per heavy atom. The van der Waals surface area contributed by atoms with Gasteiger partial charge in [-0.05, 0) is 24.5 Å². The minimum absolute atomic E-state index is 0.197. The summed E-state index contributed by atoms with van der Waals surface area (Å²) in [5.74, 6) is 0.901. The van der Waals surface area contributed by atoms with Crippen molar-refractivity contribution in [2.45, 2.75) is 12.8 Å². The highest BCUT2D eigenvalue weighted by atomic mass is 15.0. The number of aryl methyl sites for hydroxylation is 1. The lowest BCUT2D eigenvalue weighted by atomic mass is 10.1. The molecule has 0 aliphatic heterocycles. The Balaban J connectivity index is 1.77. The molecule has 1 N–H and O–H groups in total. The van der Waals surface area contributed by atoms with Gasteiger partial charge in [-0.3, -0.25) is 0 Å². The first kappa shape index (κ1) is 12.1. The zero-order chi connectivity index (χ0) is 12.6. The number of anilines is 1. The van der Waals surface area contributed by atoms with Crippen molar-refractivity contribution in [2.24, 2.45) is 0 Å². The first-order valence-electron chi connectivity index (χ1n) is 5.89. The average Bonchev–Trinajstić information content (AvgIpc) is 2.45. The van der Waals surface area contributed by atoms with Crippen LogP contribution in [0.2, 0.25) is 0 Å². The molecule has 2 aromatic rings. The van der Waals surface area contributed by atoms with Gasteiger partial charge in [0.15, 0.2) is 0 Å². The van der Waals surface area contributed by atoms with Gasteiger partial charge in [0, 0.05) is 12.7 Å². The van der Waals surface area contributed by atoms with Crippen LogP contribution in [0.1, 0.15) is 17.8 Å². The Morgan fingerprint density at radius 1 is 1.17 bits per heavy atom. The second-order valence-corrected chi connectivity index (χ2v) is 3.89. The minimum atomic E-state index is 0.197. The molecule has 0 atom stereocenters. The molecule has 0 saturated carbocycles. The number of hydrogen-bond acceptors (Lipinski definition) is 4. The van der Waals surface area contributed by atoms with E-state index in [1.54, 1.807) is 12.3 Å². The number of benzene rings is 1. The van der Waals surface area contributed by atoms with Crippen LogP contribution < -0.4 is 5.32 Å². The molecule has 4 nitrogen and oxygen atoms in total. The highest BCUT2D eigenvalue weighted by Crippen LogP contribution is 2.04. The molecule has 2 rings (SSSR count). The summed E-state index contributed by atoms with van der Waals surface area (Å²) >= 11 is 0. The summed E-state index contributed by atoms with van der Waals surface area (Å²) in [5, 5.41) is 11.9. The topological polar surface area (TPSA) is 61.6 Å². The van der Waals surface area contributed by atoms with Crippen LogP contribution in [0.5, 0.6) is 0 Å². The molecule has 0 saturated heterocycles. The Bertz CT molecular complexity index is 531. The summed E-state index contributed by atoms with van der Waals surface area (Å²) in [5.41, 5.74) is 1.33. The first-order valence-corrected chi connectivity index (χ1v) is 5.89. The van der Waals surface area contributed by atoms with E-state index in [0.717, 1.165) is 19.4 Å². The SMILES string of the molecule is N#Cc1nccc(NCCCc2ccccc2)n1. The predicted octanol–water partition coefficient (Wildman–Crippen LogP) is 2.39. The van der Waals surface area contributed by atoms with E-state index >= 15 is 0 Å². The predicted molar refractivity (Wildman–Crippen MR) is 70.0 cm³/mol. The third-order valence-corrected chi connectivity index (χ3v) is 2.55. The quantitative estimate of drug-likeness (QED) is 0.812. The zero-order valence-corrected chi connectivity index (χ0v) is 10.0. The summed E-state index contributed by atoms with van der Waals surface area (Å²) < 4.78 is 0. The van der Waals surface area contributed by atoms with Gasteiger partial charge in [-0.2, -0.15) is 5.26 Å². The van der Waals surface area contributed by atoms with Gasteiger partial charge in [0.05, 0.1) is 0 Å². The molecule has 0 aliphatic carbocycles. The van der Waals surface area contributed by atoms with Crippen LogP contribution in [0.25, 0.3) is 0 Å². The molecule has 0 unspecified atom stereocenters. The number of rotatable bonds is 5. The van der Waals surface area contributed by atoms with E-state index in [9.17, 15) is 0 Å². The van der Waals surface area contributed by atoms with Gasteiger partial charge in [0.25, 0.3) is 0 Å². The Morgan fingerprint density at radius 2 is 2.00 bits per heavy atom. The van der Waals surface area contributed by atoms with Crippen molar-refractivity contribution in [1.82, 2.24) is 9.97 Å². The number of aromatic nitrogens is 2. The summed E-state index contributed by atoms with van der Waals surface area (Å²) in [7, 11) is 0. The fraction of sp³-hybridized carbons (Fsp3) is 0.214. The first-order chi connectivity index (χ1) is 8.88. The molecule has 0 radical (unpaired) electrons. The number of nitriles is 1. The molecule has 90 valence electrons. The summed E-state index contributed by atoms with van der Waals surface area (Å²) in [6.07, 6.45) is 3.64. The minimum Gasteiger partial charge on any atom is -0.370 e. The van der Waals surface area contributed by atoms with E-state index in [1.165, 1.54) is 5.56 Å².